The van der Waals surface area contributed by atoms with Crippen molar-refractivity contribution in [1.29, 1.82) is 0 Å². The molecule has 0 unspecified atom stereocenters. The quantitative estimate of drug-likeness (QED) is 0.727. The minimum atomic E-state index is -0.526. The first-order chi connectivity index (χ1) is 13.7. The third-order valence-corrected chi connectivity index (χ3v) is 6.23. The van der Waals surface area contributed by atoms with Gasteiger partial charge in [-0.15, -0.1) is 0 Å². The monoisotopic (exact) mass is 385 g/mol. The van der Waals surface area contributed by atoms with Crippen LogP contribution in [0.5, 0.6) is 5.75 Å². The Hall–Kier alpha value is -1.98. The summed E-state index contributed by atoms with van der Waals surface area (Å²) in [5.74, 6) is 1.29. The molecule has 2 fully saturated rings. The highest BCUT2D eigenvalue weighted by Crippen LogP contribution is 2.48. The van der Waals surface area contributed by atoms with Crippen LogP contribution in [-0.4, -0.2) is 31.3 Å². The van der Waals surface area contributed by atoms with Crippen LogP contribution in [-0.2, 0) is 11.3 Å². The van der Waals surface area contributed by atoms with E-state index in [1.807, 2.05) is 18.2 Å². The molecule has 2 heterocycles. The highest BCUT2D eigenvalue weighted by molar-refractivity contribution is 5.39. The fraction of sp³-hybridized carbons (Fsp3) is 0.478. The lowest BCUT2D eigenvalue weighted by Crippen LogP contribution is -2.32. The SMILES string of the molecule is Fc1cc(F)cc(CN2C[C@@H](COCC3CC3)[C@@H]3COc4ccccc4[C@@H]32)c1. The summed E-state index contributed by atoms with van der Waals surface area (Å²) in [5, 5.41) is 0. The van der Waals surface area contributed by atoms with Crippen LogP contribution < -0.4 is 4.74 Å². The van der Waals surface area contributed by atoms with E-state index in [4.69, 9.17) is 9.47 Å². The highest BCUT2D eigenvalue weighted by atomic mass is 19.1. The average molecular weight is 385 g/mol. The first-order valence-corrected chi connectivity index (χ1v) is 10.2. The number of ether oxygens (including phenoxy) is 2. The minimum absolute atomic E-state index is 0.186. The van der Waals surface area contributed by atoms with Gasteiger partial charge in [-0.2, -0.15) is 0 Å². The largest absolute Gasteiger partial charge is 0.493 e. The summed E-state index contributed by atoms with van der Waals surface area (Å²) < 4.78 is 39.5. The zero-order chi connectivity index (χ0) is 19.1. The van der Waals surface area contributed by atoms with Gasteiger partial charge in [-0.3, -0.25) is 4.90 Å². The van der Waals surface area contributed by atoms with Crippen molar-refractivity contribution in [1.82, 2.24) is 4.90 Å². The van der Waals surface area contributed by atoms with Crippen molar-refractivity contribution in [3.63, 3.8) is 0 Å². The van der Waals surface area contributed by atoms with Crippen molar-refractivity contribution >= 4 is 0 Å². The Balaban J connectivity index is 1.39. The number of hydrogen-bond acceptors (Lipinski definition) is 3. The summed E-state index contributed by atoms with van der Waals surface area (Å²) in [6, 6.07) is 12.1. The first-order valence-electron chi connectivity index (χ1n) is 10.2. The number of para-hydroxylation sites is 1. The van der Waals surface area contributed by atoms with E-state index >= 15 is 0 Å². The van der Waals surface area contributed by atoms with Gasteiger partial charge in [0.25, 0.3) is 0 Å². The van der Waals surface area contributed by atoms with E-state index in [1.165, 1.54) is 30.5 Å². The van der Waals surface area contributed by atoms with Crippen molar-refractivity contribution in [2.75, 3.05) is 26.4 Å². The van der Waals surface area contributed by atoms with Crippen LogP contribution >= 0.6 is 0 Å². The summed E-state index contributed by atoms with van der Waals surface area (Å²) in [4.78, 5) is 2.34. The van der Waals surface area contributed by atoms with Crippen LogP contribution in [0.1, 0.15) is 30.0 Å². The van der Waals surface area contributed by atoms with E-state index in [9.17, 15) is 8.78 Å². The Bertz CT molecular complexity index is 834. The Labute approximate surface area is 164 Å². The minimum Gasteiger partial charge on any atom is -0.493 e. The molecule has 2 aromatic rings. The van der Waals surface area contributed by atoms with Crippen LogP contribution in [0, 0.1) is 29.4 Å². The molecule has 0 bridgehead atoms. The maximum absolute atomic E-state index is 13.7. The Kier molecular flexibility index (Phi) is 4.81. The molecular weight excluding hydrogens is 360 g/mol. The maximum atomic E-state index is 13.7. The van der Waals surface area contributed by atoms with Crippen molar-refractivity contribution in [2.45, 2.75) is 25.4 Å². The average Bonchev–Trinajstić information content (AvgIpc) is 3.43. The number of nitrogens with zero attached hydrogens (tertiary/aromatic N) is 1. The van der Waals surface area contributed by atoms with Crippen LogP contribution in [0.4, 0.5) is 8.78 Å². The lowest BCUT2D eigenvalue weighted by Gasteiger charge is -2.34. The van der Waals surface area contributed by atoms with Crippen LogP contribution in [0.15, 0.2) is 42.5 Å². The standard InChI is InChI=1S/C23H25F2NO2/c24-18-7-16(8-19(25)9-18)10-26-11-17(13-27-12-15-5-6-15)21-14-28-22-4-2-1-3-20(22)23(21)26/h1-4,7-9,15,17,21,23H,5-6,10-14H2/t17-,21-,23-/m0/s1. The van der Waals surface area contributed by atoms with Gasteiger partial charge < -0.3 is 9.47 Å². The molecule has 3 atom stereocenters. The van der Waals surface area contributed by atoms with Gasteiger partial charge in [0.2, 0.25) is 0 Å². The first kappa shape index (κ1) is 18.1. The van der Waals surface area contributed by atoms with E-state index in [2.05, 4.69) is 11.0 Å². The summed E-state index contributed by atoms with van der Waals surface area (Å²) >= 11 is 0. The third-order valence-electron chi connectivity index (χ3n) is 6.23. The van der Waals surface area contributed by atoms with E-state index in [-0.39, 0.29) is 6.04 Å². The van der Waals surface area contributed by atoms with Crippen molar-refractivity contribution in [2.24, 2.45) is 17.8 Å². The van der Waals surface area contributed by atoms with Crippen LogP contribution in [0.3, 0.4) is 0 Å². The van der Waals surface area contributed by atoms with E-state index in [1.54, 1.807) is 0 Å². The Morgan fingerprint density at radius 1 is 1.04 bits per heavy atom. The third kappa shape index (κ3) is 3.65. The summed E-state index contributed by atoms with van der Waals surface area (Å²) in [5.41, 5.74) is 1.83. The molecule has 1 saturated carbocycles. The number of likely N-dealkylation sites (tertiary alicyclic amines) is 1. The number of halogens is 2. The molecule has 1 saturated heterocycles. The second kappa shape index (κ2) is 7.45. The van der Waals surface area contributed by atoms with Gasteiger partial charge in [0.05, 0.1) is 13.2 Å². The fourth-order valence-corrected chi connectivity index (χ4v) is 4.72. The molecule has 0 spiro atoms. The molecule has 3 nitrogen and oxygen atoms in total. The number of hydrogen-bond donors (Lipinski definition) is 0. The van der Waals surface area contributed by atoms with Gasteiger partial charge in [0.1, 0.15) is 17.4 Å². The molecule has 5 rings (SSSR count). The van der Waals surface area contributed by atoms with Gasteiger partial charge in [0, 0.05) is 49.2 Å². The van der Waals surface area contributed by atoms with E-state index in [0.29, 0.717) is 30.6 Å². The van der Waals surface area contributed by atoms with Gasteiger partial charge in [0.15, 0.2) is 0 Å². The predicted octanol–water partition coefficient (Wildman–Crippen LogP) is 4.57. The molecule has 1 aliphatic carbocycles. The number of rotatable bonds is 6. The second-order valence-electron chi connectivity index (χ2n) is 8.41. The molecule has 2 aromatic carbocycles. The zero-order valence-electron chi connectivity index (χ0n) is 15.8. The summed E-state index contributed by atoms with van der Waals surface area (Å²) in [6.07, 6.45) is 2.56. The predicted molar refractivity (Wildman–Crippen MR) is 102 cm³/mol. The zero-order valence-corrected chi connectivity index (χ0v) is 15.8. The van der Waals surface area contributed by atoms with Gasteiger partial charge >= 0.3 is 0 Å². The fourth-order valence-electron chi connectivity index (χ4n) is 4.72. The maximum Gasteiger partial charge on any atom is 0.126 e. The Morgan fingerprint density at radius 3 is 2.61 bits per heavy atom. The summed E-state index contributed by atoms with van der Waals surface area (Å²) in [6.45, 7) is 3.59. The van der Waals surface area contributed by atoms with Gasteiger partial charge in [-0.05, 0) is 42.5 Å². The van der Waals surface area contributed by atoms with Gasteiger partial charge in [-0.1, -0.05) is 18.2 Å². The molecule has 0 N–H and O–H groups in total. The molecular formula is C23H25F2NO2. The molecule has 0 amide bonds. The van der Waals surface area contributed by atoms with Crippen LogP contribution in [0.25, 0.3) is 0 Å². The second-order valence-corrected chi connectivity index (χ2v) is 8.41. The highest BCUT2D eigenvalue weighted by Gasteiger charge is 2.46. The van der Waals surface area contributed by atoms with Crippen molar-refractivity contribution in [3.8, 4) is 5.75 Å². The molecule has 28 heavy (non-hydrogen) atoms. The molecule has 0 aromatic heterocycles. The van der Waals surface area contributed by atoms with E-state index < -0.39 is 11.6 Å². The van der Waals surface area contributed by atoms with E-state index in [0.717, 1.165) is 37.5 Å². The van der Waals surface area contributed by atoms with Crippen molar-refractivity contribution < 1.29 is 18.3 Å². The lowest BCUT2D eigenvalue weighted by atomic mass is 9.85. The Morgan fingerprint density at radius 2 is 1.82 bits per heavy atom. The lowest BCUT2D eigenvalue weighted by molar-refractivity contribution is 0.0641. The topological polar surface area (TPSA) is 21.7 Å². The number of fused-ring (bicyclic) bond motifs is 3. The normalized spacial score (nSPS) is 26.6. The molecule has 5 heteroatoms. The molecule has 148 valence electrons. The molecule has 2 aliphatic heterocycles. The molecule has 0 radical (unpaired) electrons. The van der Waals surface area contributed by atoms with Gasteiger partial charge in [-0.25, -0.2) is 8.78 Å². The smallest absolute Gasteiger partial charge is 0.126 e. The molecule has 3 aliphatic rings. The number of benzene rings is 2. The van der Waals surface area contributed by atoms with Crippen molar-refractivity contribution in [3.05, 3.63) is 65.2 Å². The van der Waals surface area contributed by atoms with Crippen LogP contribution in [0.2, 0.25) is 0 Å². The summed E-state index contributed by atoms with van der Waals surface area (Å²) in [7, 11) is 0.